The van der Waals surface area contributed by atoms with Crippen LogP contribution in [-0.4, -0.2) is 28.7 Å². The average molecular weight is 408 g/mol. The van der Waals surface area contributed by atoms with E-state index in [1.807, 2.05) is 38.1 Å². The third-order valence-corrected chi connectivity index (χ3v) is 5.20. The Morgan fingerprint density at radius 2 is 2.00 bits per heavy atom. The maximum Gasteiger partial charge on any atom is 0.271 e. The zero-order chi connectivity index (χ0) is 22.0. The van der Waals surface area contributed by atoms with Crippen LogP contribution in [-0.2, 0) is 11.3 Å². The Morgan fingerprint density at radius 3 is 2.67 bits per heavy atom. The number of pyridine rings is 1. The van der Waals surface area contributed by atoms with E-state index in [9.17, 15) is 20.0 Å². The predicted octanol–water partition coefficient (Wildman–Crippen LogP) is 3.75. The molecule has 7 nitrogen and oxygen atoms in total. The highest BCUT2D eigenvalue weighted by molar-refractivity contribution is 6.12. The van der Waals surface area contributed by atoms with Gasteiger partial charge in [0, 0.05) is 30.7 Å². The molecule has 0 spiro atoms. The second-order valence-corrected chi connectivity index (χ2v) is 7.20. The molecular weight excluding hydrogens is 384 g/mol. The van der Waals surface area contributed by atoms with Crippen molar-refractivity contribution in [3.63, 3.8) is 0 Å². The van der Waals surface area contributed by atoms with Gasteiger partial charge in [-0.05, 0) is 51.3 Å². The first-order valence-corrected chi connectivity index (χ1v) is 9.80. The number of aromatic hydroxyl groups is 1. The maximum atomic E-state index is 13.4. The van der Waals surface area contributed by atoms with Crippen molar-refractivity contribution in [2.24, 2.45) is 0 Å². The first kappa shape index (κ1) is 21.3. The number of benzene rings is 1. The van der Waals surface area contributed by atoms with Gasteiger partial charge in [-0.3, -0.25) is 14.2 Å². The van der Waals surface area contributed by atoms with Crippen LogP contribution in [0.15, 0.2) is 27.4 Å². The smallest absolute Gasteiger partial charge is 0.271 e. The minimum absolute atomic E-state index is 0.0809. The van der Waals surface area contributed by atoms with Crippen LogP contribution in [0, 0.1) is 32.1 Å². The number of nitriles is 1. The number of aromatic nitrogens is 1. The molecule has 3 rings (SSSR count). The summed E-state index contributed by atoms with van der Waals surface area (Å²) in [5, 5.41) is 21.1. The van der Waals surface area contributed by atoms with E-state index in [0.717, 1.165) is 15.5 Å². The molecule has 0 saturated carbocycles. The molecule has 0 unspecified atom stereocenters. The summed E-state index contributed by atoms with van der Waals surface area (Å²) in [6.45, 7) is 8.08. The number of fused-ring (bicyclic) bond motifs is 1. The lowest BCUT2D eigenvalue weighted by Gasteiger charge is -2.15. The van der Waals surface area contributed by atoms with Gasteiger partial charge in [0.2, 0.25) is 11.7 Å². The Labute approximate surface area is 174 Å². The van der Waals surface area contributed by atoms with Crippen LogP contribution in [0.4, 0.5) is 0 Å². The minimum Gasteiger partial charge on any atom is -0.494 e. The lowest BCUT2D eigenvalue weighted by molar-refractivity contribution is 0.100. The summed E-state index contributed by atoms with van der Waals surface area (Å²) in [6, 6.07) is 7.51. The summed E-state index contributed by atoms with van der Waals surface area (Å²) in [5.74, 6) is -0.946. The normalized spacial score (nSPS) is 11.0. The van der Waals surface area contributed by atoms with E-state index in [-0.39, 0.29) is 29.0 Å². The summed E-state index contributed by atoms with van der Waals surface area (Å²) >= 11 is 0. The number of furan rings is 1. The van der Waals surface area contributed by atoms with Gasteiger partial charge in [0.25, 0.3) is 5.56 Å². The Morgan fingerprint density at radius 1 is 1.27 bits per heavy atom. The van der Waals surface area contributed by atoms with Gasteiger partial charge in [-0.2, -0.15) is 5.26 Å². The molecule has 1 aromatic carbocycles. The lowest BCUT2D eigenvalue weighted by atomic mass is 9.98. The first-order valence-electron chi connectivity index (χ1n) is 9.80. The van der Waals surface area contributed by atoms with Crippen molar-refractivity contribution in [3.05, 3.63) is 62.1 Å². The number of carbonyl (C=O) groups excluding carboxylic acids is 1. The van der Waals surface area contributed by atoms with Gasteiger partial charge in [0.05, 0.1) is 5.56 Å². The minimum atomic E-state index is -0.627. The van der Waals surface area contributed by atoms with Gasteiger partial charge in [-0.15, -0.1) is 0 Å². The van der Waals surface area contributed by atoms with E-state index in [2.05, 4.69) is 0 Å². The van der Waals surface area contributed by atoms with Gasteiger partial charge >= 0.3 is 0 Å². The van der Waals surface area contributed by atoms with E-state index in [0.29, 0.717) is 30.8 Å². The van der Waals surface area contributed by atoms with Crippen LogP contribution < -0.4 is 5.56 Å². The van der Waals surface area contributed by atoms with Crippen molar-refractivity contribution >= 4 is 16.8 Å². The number of ether oxygens (including phenoxy) is 1. The summed E-state index contributed by atoms with van der Waals surface area (Å²) < 4.78 is 12.1. The van der Waals surface area contributed by atoms with Crippen LogP contribution in [0.2, 0.25) is 0 Å². The lowest BCUT2D eigenvalue weighted by Crippen LogP contribution is -2.27. The molecule has 2 aromatic heterocycles. The monoisotopic (exact) mass is 408 g/mol. The van der Waals surface area contributed by atoms with Crippen LogP contribution in [0.1, 0.15) is 51.7 Å². The molecule has 0 atom stereocenters. The second-order valence-electron chi connectivity index (χ2n) is 7.20. The molecular formula is C23H24N2O5. The van der Waals surface area contributed by atoms with Crippen molar-refractivity contribution < 1.29 is 19.1 Å². The molecule has 0 amide bonds. The number of nitrogens with zero attached hydrogens (tertiary/aromatic N) is 2. The molecule has 1 N–H and O–H groups in total. The van der Waals surface area contributed by atoms with E-state index in [1.54, 1.807) is 6.92 Å². The van der Waals surface area contributed by atoms with Gasteiger partial charge < -0.3 is 14.3 Å². The SMILES string of the molecule is CCOCCCn1c(O)c(C(=O)c2oc3cc(C)ccc3c2C)c(C)c(C#N)c1=O. The fourth-order valence-corrected chi connectivity index (χ4v) is 3.56. The first-order chi connectivity index (χ1) is 14.3. The predicted molar refractivity (Wildman–Crippen MR) is 112 cm³/mol. The highest BCUT2D eigenvalue weighted by Gasteiger charge is 2.28. The average Bonchev–Trinajstić information content (AvgIpc) is 3.03. The van der Waals surface area contributed by atoms with Crippen LogP contribution >= 0.6 is 0 Å². The van der Waals surface area contributed by atoms with Gasteiger partial charge in [-0.1, -0.05) is 12.1 Å². The molecule has 2 heterocycles. The molecule has 156 valence electrons. The van der Waals surface area contributed by atoms with Crippen molar-refractivity contribution in [2.45, 2.75) is 40.7 Å². The zero-order valence-electron chi connectivity index (χ0n) is 17.5. The van der Waals surface area contributed by atoms with E-state index in [4.69, 9.17) is 9.15 Å². The summed E-state index contributed by atoms with van der Waals surface area (Å²) in [4.78, 5) is 26.0. The van der Waals surface area contributed by atoms with Crippen molar-refractivity contribution in [1.82, 2.24) is 4.57 Å². The molecule has 30 heavy (non-hydrogen) atoms. The Kier molecular flexibility index (Phi) is 6.09. The topological polar surface area (TPSA) is 105 Å². The number of aryl methyl sites for hydroxylation is 2. The number of hydrogen-bond acceptors (Lipinski definition) is 6. The molecule has 0 aliphatic heterocycles. The largest absolute Gasteiger partial charge is 0.494 e. The fourth-order valence-electron chi connectivity index (χ4n) is 3.56. The van der Waals surface area contributed by atoms with Crippen molar-refractivity contribution in [1.29, 1.82) is 5.26 Å². The Hall–Kier alpha value is -3.37. The fraction of sp³-hybridized carbons (Fsp3) is 0.348. The van der Waals surface area contributed by atoms with Crippen molar-refractivity contribution in [2.75, 3.05) is 13.2 Å². The van der Waals surface area contributed by atoms with Gasteiger partial charge in [-0.25, -0.2) is 0 Å². The Bertz CT molecular complexity index is 1230. The highest BCUT2D eigenvalue weighted by atomic mass is 16.5. The Balaban J connectivity index is 2.15. The van der Waals surface area contributed by atoms with E-state index in [1.165, 1.54) is 6.92 Å². The highest BCUT2D eigenvalue weighted by Crippen LogP contribution is 2.31. The zero-order valence-corrected chi connectivity index (χ0v) is 17.5. The molecule has 7 heteroatoms. The molecule has 0 fully saturated rings. The summed E-state index contributed by atoms with van der Waals surface area (Å²) in [7, 11) is 0. The van der Waals surface area contributed by atoms with Crippen molar-refractivity contribution in [3.8, 4) is 11.9 Å². The summed E-state index contributed by atoms with van der Waals surface area (Å²) in [6.07, 6.45) is 0.450. The van der Waals surface area contributed by atoms with E-state index >= 15 is 0 Å². The van der Waals surface area contributed by atoms with Gasteiger partial charge in [0.1, 0.15) is 17.2 Å². The van der Waals surface area contributed by atoms with Crippen LogP contribution in [0.3, 0.4) is 0 Å². The molecule has 0 aliphatic rings. The third-order valence-electron chi connectivity index (χ3n) is 5.20. The maximum absolute atomic E-state index is 13.4. The molecule has 0 saturated heterocycles. The molecule has 0 aliphatic carbocycles. The third kappa shape index (κ3) is 3.62. The molecule has 0 radical (unpaired) electrons. The number of carbonyl (C=O) groups is 1. The van der Waals surface area contributed by atoms with Crippen LogP contribution in [0.5, 0.6) is 5.88 Å². The van der Waals surface area contributed by atoms with Crippen LogP contribution in [0.25, 0.3) is 11.0 Å². The second kappa shape index (κ2) is 8.56. The summed E-state index contributed by atoms with van der Waals surface area (Å²) in [5.41, 5.74) is 1.45. The van der Waals surface area contributed by atoms with E-state index < -0.39 is 17.2 Å². The number of ketones is 1. The van der Waals surface area contributed by atoms with Gasteiger partial charge in [0.15, 0.2) is 5.76 Å². The number of rotatable bonds is 7. The molecule has 0 bridgehead atoms. The quantitative estimate of drug-likeness (QED) is 0.471. The standard InChI is InChI=1S/C23H24N2O5/c1-5-29-10-6-9-25-22(27)17(12-24)14(3)19(23(25)28)20(26)21-15(4)16-8-7-13(2)11-18(16)30-21/h7-8,11,28H,5-6,9-10H2,1-4H3. The number of hydrogen-bond donors (Lipinski definition) is 1. The molecule has 3 aromatic rings.